The average Bonchev–Trinajstić information content (AvgIpc) is 2.93. The zero-order chi connectivity index (χ0) is 11.6. The third kappa shape index (κ3) is 3.80. The molecule has 0 aromatic heterocycles. The van der Waals surface area contributed by atoms with Crippen LogP contribution in [0.1, 0.15) is 33.6 Å². The first-order valence-corrected chi connectivity index (χ1v) is 5.61. The van der Waals surface area contributed by atoms with E-state index in [1.165, 1.54) is 12.8 Å². The molecule has 1 amide bonds. The molecule has 15 heavy (non-hydrogen) atoms. The highest BCUT2D eigenvalue weighted by Crippen LogP contribution is 2.26. The molecule has 4 heteroatoms. The molecular weight excluding hydrogens is 190 g/mol. The molecule has 0 bridgehead atoms. The Balaban J connectivity index is 2.27. The summed E-state index contributed by atoms with van der Waals surface area (Å²) in [5.74, 6) is -0.0847. The van der Waals surface area contributed by atoms with E-state index in [9.17, 15) is 4.79 Å². The standard InChI is InChI=1S/C11H23N3O/c1-8(14(4)9-5-6-9)7-13-10(15)11(2,3)12/h8-9H,5-7,12H2,1-4H3,(H,13,15). The van der Waals surface area contributed by atoms with Crippen LogP contribution in [-0.2, 0) is 4.79 Å². The van der Waals surface area contributed by atoms with Gasteiger partial charge in [0.15, 0.2) is 0 Å². The third-order valence-electron chi connectivity index (χ3n) is 2.96. The van der Waals surface area contributed by atoms with Gasteiger partial charge in [0, 0.05) is 18.6 Å². The first kappa shape index (κ1) is 12.5. The first-order valence-electron chi connectivity index (χ1n) is 5.61. The number of carbonyl (C=O) groups is 1. The van der Waals surface area contributed by atoms with Crippen molar-refractivity contribution in [2.45, 2.75) is 51.2 Å². The second-order valence-corrected chi connectivity index (χ2v) is 5.18. The number of rotatable bonds is 5. The van der Waals surface area contributed by atoms with Crippen LogP contribution in [0.4, 0.5) is 0 Å². The molecule has 1 saturated carbocycles. The van der Waals surface area contributed by atoms with Gasteiger partial charge >= 0.3 is 0 Å². The summed E-state index contributed by atoms with van der Waals surface area (Å²) in [6, 6.07) is 1.10. The van der Waals surface area contributed by atoms with Gasteiger partial charge in [-0.1, -0.05) is 0 Å². The number of nitrogens with zero attached hydrogens (tertiary/aromatic N) is 1. The van der Waals surface area contributed by atoms with Crippen LogP contribution in [0, 0.1) is 0 Å². The predicted octanol–water partition coefficient (Wildman–Crippen LogP) is 0.323. The smallest absolute Gasteiger partial charge is 0.239 e. The number of likely N-dealkylation sites (N-methyl/N-ethyl adjacent to an activating group) is 1. The molecular formula is C11H23N3O. The van der Waals surface area contributed by atoms with Crippen LogP contribution in [0.2, 0.25) is 0 Å². The fourth-order valence-corrected chi connectivity index (χ4v) is 1.45. The second-order valence-electron chi connectivity index (χ2n) is 5.18. The lowest BCUT2D eigenvalue weighted by Crippen LogP contribution is -2.52. The monoisotopic (exact) mass is 213 g/mol. The number of amides is 1. The van der Waals surface area contributed by atoms with Gasteiger partial charge in [-0.05, 0) is 40.7 Å². The fraction of sp³-hybridized carbons (Fsp3) is 0.909. The van der Waals surface area contributed by atoms with Gasteiger partial charge in [-0.25, -0.2) is 0 Å². The molecule has 1 unspecified atom stereocenters. The molecule has 3 N–H and O–H groups in total. The van der Waals surface area contributed by atoms with Crippen LogP contribution < -0.4 is 11.1 Å². The molecule has 1 aliphatic carbocycles. The lowest BCUT2D eigenvalue weighted by atomic mass is 10.1. The van der Waals surface area contributed by atoms with Gasteiger partial charge in [0.1, 0.15) is 0 Å². The molecule has 0 saturated heterocycles. The van der Waals surface area contributed by atoms with Crippen molar-refractivity contribution in [1.29, 1.82) is 0 Å². The summed E-state index contributed by atoms with van der Waals surface area (Å²) in [4.78, 5) is 13.8. The second kappa shape index (κ2) is 4.49. The lowest BCUT2D eigenvalue weighted by molar-refractivity contribution is -0.125. The Hall–Kier alpha value is -0.610. The molecule has 0 aromatic rings. The minimum absolute atomic E-state index is 0.0847. The van der Waals surface area contributed by atoms with E-state index in [2.05, 4.69) is 24.2 Å². The minimum Gasteiger partial charge on any atom is -0.353 e. The van der Waals surface area contributed by atoms with Crippen LogP contribution in [0.5, 0.6) is 0 Å². The molecule has 1 rings (SSSR count). The summed E-state index contributed by atoms with van der Waals surface area (Å²) < 4.78 is 0. The van der Waals surface area contributed by atoms with Crippen molar-refractivity contribution in [3.63, 3.8) is 0 Å². The Morgan fingerprint density at radius 2 is 2.13 bits per heavy atom. The van der Waals surface area contributed by atoms with E-state index >= 15 is 0 Å². The highest BCUT2D eigenvalue weighted by atomic mass is 16.2. The topological polar surface area (TPSA) is 58.4 Å². The van der Waals surface area contributed by atoms with E-state index in [0.29, 0.717) is 12.6 Å². The Kier molecular flexibility index (Phi) is 3.73. The van der Waals surface area contributed by atoms with Gasteiger partial charge in [-0.2, -0.15) is 0 Å². The fourth-order valence-electron chi connectivity index (χ4n) is 1.45. The normalized spacial score (nSPS) is 19.1. The van der Waals surface area contributed by atoms with Crippen LogP contribution in [-0.4, -0.2) is 42.0 Å². The van der Waals surface area contributed by atoms with Crippen molar-refractivity contribution in [2.75, 3.05) is 13.6 Å². The SMILES string of the molecule is CC(CNC(=O)C(C)(C)N)N(C)C1CC1. The Morgan fingerprint density at radius 3 is 2.53 bits per heavy atom. The predicted molar refractivity (Wildman–Crippen MR) is 61.5 cm³/mol. The van der Waals surface area contributed by atoms with Crippen LogP contribution in [0.25, 0.3) is 0 Å². The van der Waals surface area contributed by atoms with Crippen molar-refractivity contribution in [1.82, 2.24) is 10.2 Å². The molecule has 88 valence electrons. The summed E-state index contributed by atoms with van der Waals surface area (Å²) in [7, 11) is 2.11. The van der Waals surface area contributed by atoms with Crippen molar-refractivity contribution in [2.24, 2.45) is 5.73 Å². The summed E-state index contributed by atoms with van der Waals surface area (Å²) in [6.07, 6.45) is 2.58. The van der Waals surface area contributed by atoms with Crippen molar-refractivity contribution in [3.05, 3.63) is 0 Å². The van der Waals surface area contributed by atoms with Crippen LogP contribution >= 0.6 is 0 Å². The maximum Gasteiger partial charge on any atom is 0.239 e. The molecule has 0 aliphatic heterocycles. The van der Waals surface area contributed by atoms with E-state index in [-0.39, 0.29) is 5.91 Å². The summed E-state index contributed by atoms with van der Waals surface area (Å²) >= 11 is 0. The van der Waals surface area contributed by atoms with Crippen molar-refractivity contribution < 1.29 is 4.79 Å². The van der Waals surface area contributed by atoms with E-state index in [4.69, 9.17) is 5.73 Å². The maximum atomic E-state index is 11.5. The van der Waals surface area contributed by atoms with Gasteiger partial charge in [0.05, 0.1) is 5.54 Å². The van der Waals surface area contributed by atoms with Crippen LogP contribution in [0.15, 0.2) is 0 Å². The number of carbonyl (C=O) groups excluding carboxylic acids is 1. The number of nitrogens with two attached hydrogens (primary N) is 1. The van der Waals surface area contributed by atoms with E-state index in [1.807, 2.05) is 0 Å². The largest absolute Gasteiger partial charge is 0.353 e. The van der Waals surface area contributed by atoms with Crippen molar-refractivity contribution >= 4 is 5.91 Å². The summed E-state index contributed by atoms with van der Waals surface area (Å²) in [5, 5.41) is 2.88. The zero-order valence-electron chi connectivity index (χ0n) is 10.2. The van der Waals surface area contributed by atoms with Gasteiger partial charge in [0.2, 0.25) is 5.91 Å². The number of hydrogen-bond acceptors (Lipinski definition) is 3. The Labute approximate surface area is 92.2 Å². The van der Waals surface area contributed by atoms with E-state index in [1.54, 1.807) is 13.8 Å². The molecule has 1 fully saturated rings. The maximum absolute atomic E-state index is 11.5. The molecule has 1 aliphatic rings. The average molecular weight is 213 g/mol. The quantitative estimate of drug-likeness (QED) is 0.691. The van der Waals surface area contributed by atoms with Crippen LogP contribution in [0.3, 0.4) is 0 Å². The molecule has 0 spiro atoms. The van der Waals surface area contributed by atoms with Gasteiger partial charge < -0.3 is 11.1 Å². The van der Waals surface area contributed by atoms with Gasteiger partial charge in [-0.3, -0.25) is 9.69 Å². The Morgan fingerprint density at radius 1 is 1.60 bits per heavy atom. The molecule has 0 aromatic carbocycles. The number of nitrogens with one attached hydrogen (secondary N) is 1. The molecule has 0 heterocycles. The summed E-state index contributed by atoms with van der Waals surface area (Å²) in [6.45, 7) is 6.24. The van der Waals surface area contributed by atoms with Gasteiger partial charge in [0.25, 0.3) is 0 Å². The molecule has 4 nitrogen and oxygen atoms in total. The first-order chi connectivity index (χ1) is 6.82. The van der Waals surface area contributed by atoms with Crippen molar-refractivity contribution in [3.8, 4) is 0 Å². The number of hydrogen-bond donors (Lipinski definition) is 2. The summed E-state index contributed by atoms with van der Waals surface area (Å²) in [5.41, 5.74) is 4.91. The highest BCUT2D eigenvalue weighted by Gasteiger charge is 2.29. The Bertz CT molecular complexity index is 230. The third-order valence-corrected chi connectivity index (χ3v) is 2.96. The zero-order valence-corrected chi connectivity index (χ0v) is 10.2. The van der Waals surface area contributed by atoms with Gasteiger partial charge in [-0.15, -0.1) is 0 Å². The lowest BCUT2D eigenvalue weighted by Gasteiger charge is -2.26. The molecule has 1 atom stereocenters. The minimum atomic E-state index is -0.780. The highest BCUT2D eigenvalue weighted by molar-refractivity contribution is 5.85. The van der Waals surface area contributed by atoms with E-state index in [0.717, 1.165) is 6.04 Å². The van der Waals surface area contributed by atoms with E-state index < -0.39 is 5.54 Å². The molecule has 0 radical (unpaired) electrons.